The van der Waals surface area contributed by atoms with E-state index in [1.807, 2.05) is 24.4 Å². The number of hydrogen-bond acceptors (Lipinski definition) is 2. The molecule has 0 fully saturated rings. The molecule has 0 radical (unpaired) electrons. The van der Waals surface area contributed by atoms with E-state index < -0.39 is 0 Å². The molecule has 0 N–H and O–H groups in total. The lowest BCUT2D eigenvalue weighted by Crippen LogP contribution is -2.25. The zero-order chi connectivity index (χ0) is 34.9. The van der Waals surface area contributed by atoms with Gasteiger partial charge in [-0.25, -0.2) is 4.98 Å². The quantitative estimate of drug-likeness (QED) is 0.186. The SMILES string of the molecule is c1ccc(-c2cc(-c3ccccn3)nc3ccc(-c4ccccc4-c4ccc5c(c4)C4(c6ccccc6-c6ccccc64)c4ccccc4-5)cc23)cc1. The van der Waals surface area contributed by atoms with Gasteiger partial charge in [-0.3, -0.25) is 4.98 Å². The van der Waals surface area contributed by atoms with Crippen molar-refractivity contribution >= 4 is 10.9 Å². The van der Waals surface area contributed by atoms with Crippen molar-refractivity contribution in [3.63, 3.8) is 0 Å². The molecule has 0 saturated carbocycles. The van der Waals surface area contributed by atoms with Gasteiger partial charge in [-0.05, 0) is 114 Å². The van der Waals surface area contributed by atoms with Crippen LogP contribution in [0, 0.1) is 0 Å². The Kier molecular flexibility index (Phi) is 6.50. The Hall–Kier alpha value is -6.90. The molecular formula is C51H32N2. The molecule has 2 nitrogen and oxygen atoms in total. The van der Waals surface area contributed by atoms with Crippen LogP contribution in [0.5, 0.6) is 0 Å². The Bertz CT molecular complexity index is 2830. The highest BCUT2D eigenvalue weighted by molar-refractivity contribution is 6.01. The topological polar surface area (TPSA) is 25.8 Å². The molecule has 2 aromatic heterocycles. The van der Waals surface area contributed by atoms with Gasteiger partial charge in [-0.1, -0.05) is 152 Å². The summed E-state index contributed by atoms with van der Waals surface area (Å²) in [5.74, 6) is 0. The molecule has 1 spiro atoms. The summed E-state index contributed by atoms with van der Waals surface area (Å²) in [6, 6.07) is 68.5. The number of nitrogens with zero attached hydrogens (tertiary/aromatic N) is 2. The number of pyridine rings is 2. The van der Waals surface area contributed by atoms with Crippen molar-refractivity contribution < 1.29 is 0 Å². The van der Waals surface area contributed by atoms with E-state index in [2.05, 4.69) is 175 Å². The van der Waals surface area contributed by atoms with E-state index in [0.29, 0.717) is 0 Å². The zero-order valence-electron chi connectivity index (χ0n) is 28.9. The Morgan fingerprint density at radius 3 is 1.47 bits per heavy atom. The van der Waals surface area contributed by atoms with E-state index in [4.69, 9.17) is 4.98 Å². The largest absolute Gasteiger partial charge is 0.255 e. The maximum Gasteiger partial charge on any atom is 0.0900 e. The Morgan fingerprint density at radius 1 is 0.321 bits per heavy atom. The minimum Gasteiger partial charge on any atom is -0.255 e. The minimum absolute atomic E-state index is 0.380. The average Bonchev–Trinajstić information content (AvgIpc) is 3.71. The molecule has 2 aliphatic carbocycles. The van der Waals surface area contributed by atoms with Crippen molar-refractivity contribution in [2.45, 2.75) is 5.41 Å². The molecule has 53 heavy (non-hydrogen) atoms. The maximum absolute atomic E-state index is 5.12. The highest BCUT2D eigenvalue weighted by Gasteiger charge is 2.51. The third-order valence-corrected chi connectivity index (χ3v) is 11.4. The fourth-order valence-electron chi connectivity index (χ4n) is 9.14. The van der Waals surface area contributed by atoms with E-state index in [-0.39, 0.29) is 5.41 Å². The minimum atomic E-state index is -0.380. The van der Waals surface area contributed by atoms with Crippen molar-refractivity contribution in [3.05, 3.63) is 217 Å². The van der Waals surface area contributed by atoms with Crippen molar-refractivity contribution in [1.82, 2.24) is 9.97 Å². The van der Waals surface area contributed by atoms with Crippen LogP contribution in [0.2, 0.25) is 0 Å². The van der Waals surface area contributed by atoms with Crippen molar-refractivity contribution in [1.29, 1.82) is 0 Å². The molecule has 0 amide bonds. The average molecular weight is 673 g/mol. The first-order valence-corrected chi connectivity index (χ1v) is 18.2. The predicted molar refractivity (Wildman–Crippen MR) is 218 cm³/mol. The number of hydrogen-bond donors (Lipinski definition) is 0. The first-order chi connectivity index (χ1) is 26.3. The first-order valence-electron chi connectivity index (χ1n) is 18.2. The van der Waals surface area contributed by atoms with Gasteiger partial charge in [0.25, 0.3) is 0 Å². The van der Waals surface area contributed by atoms with Crippen LogP contribution in [0.3, 0.4) is 0 Å². The van der Waals surface area contributed by atoms with Crippen LogP contribution in [0.15, 0.2) is 194 Å². The van der Waals surface area contributed by atoms with Gasteiger partial charge in [-0.15, -0.1) is 0 Å². The molecule has 2 heterocycles. The lowest BCUT2D eigenvalue weighted by atomic mass is 9.70. The monoisotopic (exact) mass is 672 g/mol. The summed E-state index contributed by atoms with van der Waals surface area (Å²) in [4.78, 5) is 9.75. The van der Waals surface area contributed by atoms with Gasteiger partial charge in [0.15, 0.2) is 0 Å². The van der Waals surface area contributed by atoms with Crippen LogP contribution < -0.4 is 0 Å². The molecule has 2 aliphatic rings. The van der Waals surface area contributed by atoms with Crippen LogP contribution in [-0.4, -0.2) is 9.97 Å². The molecule has 0 bridgehead atoms. The van der Waals surface area contributed by atoms with E-state index >= 15 is 0 Å². The predicted octanol–water partition coefficient (Wildman–Crippen LogP) is 12.6. The summed E-state index contributed by atoms with van der Waals surface area (Å²) in [6.07, 6.45) is 1.83. The molecule has 9 aromatic rings. The molecule has 246 valence electrons. The molecule has 0 aliphatic heterocycles. The second kappa shape index (κ2) is 11.6. The lowest BCUT2D eigenvalue weighted by Gasteiger charge is -2.30. The van der Waals surface area contributed by atoms with Crippen molar-refractivity contribution in [3.8, 4) is 67.0 Å². The van der Waals surface area contributed by atoms with Gasteiger partial charge < -0.3 is 0 Å². The van der Waals surface area contributed by atoms with Gasteiger partial charge in [0.1, 0.15) is 0 Å². The van der Waals surface area contributed by atoms with Crippen LogP contribution in [-0.2, 0) is 5.41 Å². The van der Waals surface area contributed by atoms with Gasteiger partial charge in [-0.2, -0.15) is 0 Å². The van der Waals surface area contributed by atoms with Crippen molar-refractivity contribution in [2.24, 2.45) is 0 Å². The Balaban J connectivity index is 1.11. The smallest absolute Gasteiger partial charge is 0.0900 e. The summed E-state index contributed by atoms with van der Waals surface area (Å²) >= 11 is 0. The van der Waals surface area contributed by atoms with E-state index in [9.17, 15) is 0 Å². The third kappa shape index (κ3) is 4.33. The third-order valence-electron chi connectivity index (χ3n) is 11.4. The summed E-state index contributed by atoms with van der Waals surface area (Å²) < 4.78 is 0. The zero-order valence-corrected chi connectivity index (χ0v) is 28.9. The summed E-state index contributed by atoms with van der Waals surface area (Å²) in [5, 5.41) is 1.12. The summed E-state index contributed by atoms with van der Waals surface area (Å²) in [7, 11) is 0. The van der Waals surface area contributed by atoms with E-state index in [0.717, 1.165) is 39.0 Å². The summed E-state index contributed by atoms with van der Waals surface area (Å²) in [6.45, 7) is 0. The van der Waals surface area contributed by atoms with Gasteiger partial charge >= 0.3 is 0 Å². The number of rotatable bonds is 4. The van der Waals surface area contributed by atoms with Crippen LogP contribution in [0.1, 0.15) is 22.3 Å². The molecule has 7 aromatic carbocycles. The Labute approximate surface area is 308 Å². The molecule has 11 rings (SSSR count). The molecule has 0 saturated heterocycles. The molecule has 0 unspecified atom stereocenters. The first kappa shape index (κ1) is 29.8. The molecule has 2 heteroatoms. The van der Waals surface area contributed by atoms with E-state index in [1.165, 1.54) is 61.2 Å². The second-order valence-electron chi connectivity index (χ2n) is 14.1. The normalized spacial score (nSPS) is 13.1. The van der Waals surface area contributed by atoms with Crippen LogP contribution in [0.4, 0.5) is 0 Å². The fourth-order valence-corrected chi connectivity index (χ4v) is 9.14. The van der Waals surface area contributed by atoms with Gasteiger partial charge in [0.05, 0.1) is 22.3 Å². The maximum atomic E-state index is 5.12. The second-order valence-corrected chi connectivity index (χ2v) is 14.1. The fraction of sp³-hybridized carbons (Fsp3) is 0.0196. The summed E-state index contributed by atoms with van der Waals surface area (Å²) in [5.41, 5.74) is 20.1. The van der Waals surface area contributed by atoms with Crippen LogP contribution >= 0.6 is 0 Å². The van der Waals surface area contributed by atoms with Crippen molar-refractivity contribution in [2.75, 3.05) is 0 Å². The number of aromatic nitrogens is 2. The molecule has 0 atom stereocenters. The van der Waals surface area contributed by atoms with Crippen LogP contribution in [0.25, 0.3) is 77.9 Å². The standard InChI is InChI=1S/C51H32N2/c1-2-14-33(15-3-1)42-32-50(49-24-12-13-29-52-49)53-48-28-26-34(30-43(42)48)36-16-4-5-17-37(36)35-25-27-41-40-20-8-11-23-46(40)51(47(41)31-35)44-21-9-6-18-38(44)39-19-7-10-22-45(39)51/h1-32H. The Morgan fingerprint density at radius 2 is 0.849 bits per heavy atom. The number of benzene rings is 7. The van der Waals surface area contributed by atoms with Gasteiger partial charge in [0, 0.05) is 11.6 Å². The highest BCUT2D eigenvalue weighted by Crippen LogP contribution is 2.63. The van der Waals surface area contributed by atoms with Gasteiger partial charge in [0.2, 0.25) is 0 Å². The molecular weight excluding hydrogens is 641 g/mol. The van der Waals surface area contributed by atoms with E-state index in [1.54, 1.807) is 0 Å². The highest BCUT2D eigenvalue weighted by atomic mass is 14.8. The lowest BCUT2D eigenvalue weighted by molar-refractivity contribution is 0.794. The number of fused-ring (bicyclic) bond motifs is 11.